The minimum absolute atomic E-state index is 0.535. The third kappa shape index (κ3) is 5.53. The van der Waals surface area contributed by atoms with Crippen molar-refractivity contribution >= 4 is 17.6 Å². The zero-order chi connectivity index (χ0) is 10.3. The van der Waals surface area contributed by atoms with Crippen LogP contribution < -0.4 is 5.73 Å². The van der Waals surface area contributed by atoms with Crippen molar-refractivity contribution in [3.63, 3.8) is 0 Å². The topological polar surface area (TPSA) is 38.9 Å². The van der Waals surface area contributed by atoms with Crippen LogP contribution in [0.5, 0.6) is 0 Å². The van der Waals surface area contributed by atoms with Crippen LogP contribution in [-0.2, 0) is 0 Å². The second-order valence-corrected chi connectivity index (χ2v) is 3.90. The summed E-state index contributed by atoms with van der Waals surface area (Å²) in [5.74, 6) is 1.12. The lowest BCUT2D eigenvalue weighted by molar-refractivity contribution is 0.859. The van der Waals surface area contributed by atoms with Crippen molar-refractivity contribution in [2.24, 2.45) is 0 Å². The predicted octanol–water partition coefficient (Wildman–Crippen LogP) is 2.77. The number of pyridine rings is 1. The van der Waals surface area contributed by atoms with Crippen molar-refractivity contribution in [3.8, 4) is 0 Å². The fraction of sp³-hybridized carbons (Fsp3) is 0.500. The van der Waals surface area contributed by atoms with Gasteiger partial charge in [-0.3, -0.25) is 0 Å². The zero-order valence-corrected chi connectivity index (χ0v) is 9.56. The molecule has 0 bridgehead atoms. The molecular weight excluding hydrogens is 180 g/mol. The number of hydrogen-bond acceptors (Lipinski definition) is 3. The molecule has 1 rings (SSSR count). The van der Waals surface area contributed by atoms with E-state index in [1.807, 2.05) is 30.8 Å². The number of rotatable bonds is 1. The molecule has 0 atom stereocenters. The van der Waals surface area contributed by atoms with Crippen molar-refractivity contribution in [2.45, 2.75) is 19.8 Å². The molecule has 0 aliphatic rings. The van der Waals surface area contributed by atoms with Gasteiger partial charge in [0.05, 0.1) is 0 Å². The standard InChI is InChI=1S/C8H12N2.C2H6S/c1-6(2)7-3-4-8(9)10-5-7;1-3-2/h3-6H,1-2H3,(H2,9,10);1-2H3. The lowest BCUT2D eigenvalue weighted by Crippen LogP contribution is -1.92. The van der Waals surface area contributed by atoms with Crippen molar-refractivity contribution < 1.29 is 0 Å². The molecule has 1 aromatic rings. The Morgan fingerprint density at radius 3 is 2.15 bits per heavy atom. The minimum atomic E-state index is 0.535. The summed E-state index contributed by atoms with van der Waals surface area (Å²) in [6.45, 7) is 4.26. The summed E-state index contributed by atoms with van der Waals surface area (Å²) in [5.41, 5.74) is 6.65. The monoisotopic (exact) mass is 198 g/mol. The molecule has 1 aromatic heterocycles. The van der Waals surface area contributed by atoms with Crippen molar-refractivity contribution in [3.05, 3.63) is 23.9 Å². The van der Waals surface area contributed by atoms with Crippen molar-refractivity contribution in [2.75, 3.05) is 18.2 Å². The minimum Gasteiger partial charge on any atom is -0.384 e. The van der Waals surface area contributed by atoms with E-state index in [9.17, 15) is 0 Å². The second-order valence-electron chi connectivity index (χ2n) is 3.08. The summed E-state index contributed by atoms with van der Waals surface area (Å²) >= 11 is 1.75. The maximum atomic E-state index is 5.42. The quantitative estimate of drug-likeness (QED) is 0.754. The van der Waals surface area contributed by atoms with Crippen LogP contribution in [0.1, 0.15) is 25.3 Å². The van der Waals surface area contributed by atoms with Gasteiger partial charge in [0, 0.05) is 6.20 Å². The number of nitrogen functional groups attached to an aromatic ring is 1. The molecule has 0 amide bonds. The molecule has 0 aromatic carbocycles. The molecule has 0 aliphatic carbocycles. The Balaban J connectivity index is 0.000000424. The molecule has 74 valence electrons. The van der Waals surface area contributed by atoms with Gasteiger partial charge in [0.25, 0.3) is 0 Å². The molecule has 2 N–H and O–H groups in total. The van der Waals surface area contributed by atoms with E-state index in [1.165, 1.54) is 5.56 Å². The van der Waals surface area contributed by atoms with E-state index in [-0.39, 0.29) is 0 Å². The summed E-state index contributed by atoms with van der Waals surface area (Å²) in [4.78, 5) is 3.98. The molecule has 0 spiro atoms. The van der Waals surface area contributed by atoms with Crippen LogP contribution in [0.15, 0.2) is 18.3 Å². The highest BCUT2D eigenvalue weighted by Crippen LogP contribution is 2.12. The van der Waals surface area contributed by atoms with Crippen LogP contribution in [-0.4, -0.2) is 17.5 Å². The number of thioether (sulfide) groups is 1. The van der Waals surface area contributed by atoms with Gasteiger partial charge in [-0.25, -0.2) is 4.98 Å². The number of nitrogens with two attached hydrogens (primary N) is 1. The molecule has 0 saturated heterocycles. The second kappa shape index (κ2) is 6.78. The first-order valence-corrected chi connectivity index (χ1v) is 5.86. The summed E-state index contributed by atoms with van der Waals surface area (Å²) in [7, 11) is 0. The third-order valence-corrected chi connectivity index (χ3v) is 1.48. The van der Waals surface area contributed by atoms with E-state index in [2.05, 4.69) is 18.8 Å². The Bertz CT molecular complexity index is 219. The van der Waals surface area contributed by atoms with Gasteiger partial charge in [0.15, 0.2) is 0 Å². The largest absolute Gasteiger partial charge is 0.384 e. The first-order chi connectivity index (χ1) is 6.11. The highest BCUT2D eigenvalue weighted by atomic mass is 32.2. The van der Waals surface area contributed by atoms with Crippen LogP contribution >= 0.6 is 11.8 Å². The molecule has 0 saturated carbocycles. The average molecular weight is 198 g/mol. The van der Waals surface area contributed by atoms with E-state index in [4.69, 9.17) is 5.73 Å². The van der Waals surface area contributed by atoms with Crippen molar-refractivity contribution in [1.29, 1.82) is 0 Å². The Labute approximate surface area is 84.9 Å². The maximum absolute atomic E-state index is 5.42. The third-order valence-electron chi connectivity index (χ3n) is 1.48. The lowest BCUT2D eigenvalue weighted by Gasteiger charge is -2.02. The zero-order valence-electron chi connectivity index (χ0n) is 8.74. The van der Waals surface area contributed by atoms with Gasteiger partial charge in [0.2, 0.25) is 0 Å². The van der Waals surface area contributed by atoms with Gasteiger partial charge in [0.1, 0.15) is 5.82 Å². The van der Waals surface area contributed by atoms with E-state index >= 15 is 0 Å². The summed E-state index contributed by atoms with van der Waals surface area (Å²) in [6.07, 6.45) is 5.90. The molecule has 0 fully saturated rings. The molecule has 0 aliphatic heterocycles. The van der Waals surface area contributed by atoms with E-state index < -0.39 is 0 Å². The maximum Gasteiger partial charge on any atom is 0.123 e. The number of nitrogens with zero attached hydrogens (tertiary/aromatic N) is 1. The van der Waals surface area contributed by atoms with Crippen LogP contribution in [0.3, 0.4) is 0 Å². The highest BCUT2D eigenvalue weighted by molar-refractivity contribution is 7.97. The predicted molar refractivity (Wildman–Crippen MR) is 62.2 cm³/mol. The molecule has 0 unspecified atom stereocenters. The van der Waals surface area contributed by atoms with Gasteiger partial charge in [-0.1, -0.05) is 19.9 Å². The highest BCUT2D eigenvalue weighted by Gasteiger charge is 1.96. The van der Waals surface area contributed by atoms with Crippen LogP contribution in [0.25, 0.3) is 0 Å². The van der Waals surface area contributed by atoms with Gasteiger partial charge in [-0.05, 0) is 30.1 Å². The SMILES string of the molecule is CC(C)c1ccc(N)nc1.CSC. The van der Waals surface area contributed by atoms with Gasteiger partial charge >= 0.3 is 0 Å². The first-order valence-electron chi connectivity index (χ1n) is 4.23. The number of hydrogen-bond donors (Lipinski definition) is 1. The Morgan fingerprint density at radius 2 is 1.85 bits per heavy atom. The lowest BCUT2D eigenvalue weighted by atomic mass is 10.1. The van der Waals surface area contributed by atoms with Crippen LogP contribution in [0.4, 0.5) is 5.82 Å². The van der Waals surface area contributed by atoms with Gasteiger partial charge in [-0.15, -0.1) is 0 Å². The molecule has 0 radical (unpaired) electrons. The van der Waals surface area contributed by atoms with Crippen LogP contribution in [0.2, 0.25) is 0 Å². The summed E-state index contributed by atoms with van der Waals surface area (Å²) in [5, 5.41) is 0. The molecule has 3 heteroatoms. The Kier molecular flexibility index (Phi) is 6.41. The fourth-order valence-corrected chi connectivity index (χ4v) is 0.758. The van der Waals surface area contributed by atoms with E-state index in [0.29, 0.717) is 11.7 Å². The van der Waals surface area contributed by atoms with Gasteiger partial charge in [-0.2, -0.15) is 11.8 Å². The molecule has 13 heavy (non-hydrogen) atoms. The fourth-order valence-electron chi connectivity index (χ4n) is 0.758. The summed E-state index contributed by atoms with van der Waals surface area (Å²) in [6, 6.07) is 3.84. The van der Waals surface area contributed by atoms with E-state index in [0.717, 1.165) is 0 Å². The molecule has 1 heterocycles. The number of anilines is 1. The Morgan fingerprint density at radius 1 is 1.31 bits per heavy atom. The van der Waals surface area contributed by atoms with Crippen molar-refractivity contribution in [1.82, 2.24) is 4.98 Å². The summed E-state index contributed by atoms with van der Waals surface area (Å²) < 4.78 is 0. The smallest absolute Gasteiger partial charge is 0.123 e. The Hall–Kier alpha value is -0.700. The average Bonchev–Trinajstić information content (AvgIpc) is 2.06. The normalized spacial score (nSPS) is 9.31. The first kappa shape index (κ1) is 12.3. The van der Waals surface area contributed by atoms with E-state index in [1.54, 1.807) is 11.8 Å². The van der Waals surface area contributed by atoms with Crippen LogP contribution in [0, 0.1) is 0 Å². The van der Waals surface area contributed by atoms with Gasteiger partial charge < -0.3 is 5.73 Å². The molecular formula is C10H18N2S. The number of aromatic nitrogens is 1. The molecule has 2 nitrogen and oxygen atoms in total.